The molecule has 1 saturated heterocycles. The number of nitrogens with zero attached hydrogens (tertiary/aromatic N) is 3. The van der Waals surface area contributed by atoms with Gasteiger partial charge in [-0.05, 0) is 35.8 Å². The number of hydrogen-bond donors (Lipinski definition) is 1. The molecule has 1 N–H and O–H groups in total. The third-order valence-electron chi connectivity index (χ3n) is 6.86. The molecule has 5 rings (SSSR count). The Morgan fingerprint density at radius 1 is 1.06 bits per heavy atom. The third-order valence-corrected chi connectivity index (χ3v) is 6.86. The highest BCUT2D eigenvalue weighted by molar-refractivity contribution is 6.03. The van der Waals surface area contributed by atoms with Crippen molar-refractivity contribution in [2.75, 3.05) is 26.7 Å². The average Bonchev–Trinajstić information content (AvgIpc) is 3.35. The number of ether oxygens (including phenoxy) is 1. The summed E-state index contributed by atoms with van der Waals surface area (Å²) in [4.78, 5) is 30.7. The van der Waals surface area contributed by atoms with E-state index in [4.69, 9.17) is 4.74 Å². The number of carbonyl (C=O) groups is 2. The number of amides is 2. The molecule has 0 radical (unpaired) electrons. The molecule has 170 valence electrons. The fourth-order valence-corrected chi connectivity index (χ4v) is 5.23. The molecule has 7 nitrogen and oxygen atoms in total. The molecule has 0 bridgehead atoms. The van der Waals surface area contributed by atoms with Crippen molar-refractivity contribution in [2.45, 2.75) is 25.4 Å². The summed E-state index contributed by atoms with van der Waals surface area (Å²) in [5, 5.41) is 11.4. The summed E-state index contributed by atoms with van der Waals surface area (Å²) in [6.07, 6.45) is 4.25. The predicted octanol–water partition coefficient (Wildman–Crippen LogP) is 2.85. The number of carbonyl (C=O) groups excluding carboxylic acids is 2. The van der Waals surface area contributed by atoms with Gasteiger partial charge in [0.25, 0.3) is 5.91 Å². The highest BCUT2D eigenvalue weighted by Crippen LogP contribution is 2.51. The minimum atomic E-state index is -1.03. The van der Waals surface area contributed by atoms with Crippen LogP contribution in [-0.2, 0) is 28.1 Å². The van der Waals surface area contributed by atoms with Crippen molar-refractivity contribution < 1.29 is 19.5 Å². The first-order valence-corrected chi connectivity index (χ1v) is 11.2. The van der Waals surface area contributed by atoms with Crippen LogP contribution in [0.25, 0.3) is 0 Å². The second-order valence-corrected chi connectivity index (χ2v) is 8.56. The van der Waals surface area contributed by atoms with Gasteiger partial charge >= 0.3 is 0 Å². The topological polar surface area (TPSA) is 73.3 Å². The van der Waals surface area contributed by atoms with Crippen molar-refractivity contribution >= 4 is 11.8 Å². The van der Waals surface area contributed by atoms with Crippen molar-refractivity contribution in [1.29, 1.82) is 0 Å². The molecule has 0 saturated carbocycles. The van der Waals surface area contributed by atoms with Gasteiger partial charge in [-0.25, -0.2) is 0 Å². The minimum absolute atomic E-state index is 0.0668. The molecule has 7 heteroatoms. The van der Waals surface area contributed by atoms with E-state index in [1.54, 1.807) is 18.1 Å². The number of fused-ring (bicyclic) bond motifs is 2. The lowest BCUT2D eigenvalue weighted by Crippen LogP contribution is -2.54. The normalized spacial score (nSPS) is 21.5. The summed E-state index contributed by atoms with van der Waals surface area (Å²) in [5.41, 5.74) is 3.18. The average molecular weight is 446 g/mol. The Labute approximate surface area is 193 Å². The highest BCUT2D eigenvalue weighted by Gasteiger charge is 2.60. The third kappa shape index (κ3) is 3.23. The van der Waals surface area contributed by atoms with Gasteiger partial charge < -0.3 is 14.5 Å². The zero-order chi connectivity index (χ0) is 23.2. The largest absolute Gasteiger partial charge is 0.497 e. The second kappa shape index (κ2) is 8.08. The smallest absolute Gasteiger partial charge is 0.256 e. The standard InChI is InChI=1S/C26H27N3O4/c1-3-18-4-8-20(9-5-18)26-23-17-27(32)13-12-22(23)25(31)29(26)15-14-28(26)24(30)16-19-6-10-21(33-2)11-7-19/h4-13,32H,3,14-17H2,1-2H3. The van der Waals surface area contributed by atoms with E-state index in [1.165, 1.54) is 11.8 Å². The molecule has 3 aliphatic rings. The first-order chi connectivity index (χ1) is 16.0. The first-order valence-electron chi connectivity index (χ1n) is 11.2. The van der Waals surface area contributed by atoms with Crippen LogP contribution in [0.2, 0.25) is 0 Å². The monoisotopic (exact) mass is 445 g/mol. The highest BCUT2D eigenvalue weighted by atomic mass is 16.5. The van der Waals surface area contributed by atoms with Crippen molar-refractivity contribution in [1.82, 2.24) is 14.9 Å². The molecule has 2 aromatic carbocycles. The van der Waals surface area contributed by atoms with Crippen molar-refractivity contribution in [2.24, 2.45) is 0 Å². The lowest BCUT2D eigenvalue weighted by Gasteiger charge is -2.43. The molecule has 2 amide bonds. The fraction of sp³-hybridized carbons (Fsp3) is 0.308. The summed E-state index contributed by atoms with van der Waals surface area (Å²) in [7, 11) is 1.61. The van der Waals surface area contributed by atoms with Crippen LogP contribution in [0.15, 0.2) is 72.0 Å². The van der Waals surface area contributed by atoms with Crippen molar-refractivity contribution in [3.05, 3.63) is 88.6 Å². The van der Waals surface area contributed by atoms with E-state index in [-0.39, 0.29) is 24.8 Å². The molecule has 1 atom stereocenters. The van der Waals surface area contributed by atoms with Gasteiger partial charge in [-0.15, -0.1) is 0 Å². The lowest BCUT2D eigenvalue weighted by molar-refractivity contribution is -0.141. The van der Waals surface area contributed by atoms with Crippen LogP contribution < -0.4 is 4.74 Å². The number of hydroxylamine groups is 2. The molecule has 1 fully saturated rings. The van der Waals surface area contributed by atoms with E-state index in [1.807, 2.05) is 53.4 Å². The molecular formula is C26H27N3O4. The van der Waals surface area contributed by atoms with Gasteiger partial charge in [0.15, 0.2) is 5.66 Å². The van der Waals surface area contributed by atoms with E-state index in [0.717, 1.165) is 33.9 Å². The maximum Gasteiger partial charge on any atom is 0.256 e. The number of methoxy groups -OCH3 is 1. The van der Waals surface area contributed by atoms with Crippen LogP contribution in [0.1, 0.15) is 23.6 Å². The second-order valence-electron chi connectivity index (χ2n) is 8.56. The van der Waals surface area contributed by atoms with Gasteiger partial charge in [0.1, 0.15) is 5.75 Å². The summed E-state index contributed by atoms with van der Waals surface area (Å²) in [5.74, 6) is 0.566. The zero-order valence-corrected chi connectivity index (χ0v) is 18.8. The first kappa shape index (κ1) is 21.3. The van der Waals surface area contributed by atoms with Gasteiger partial charge in [-0.3, -0.25) is 19.9 Å². The predicted molar refractivity (Wildman–Crippen MR) is 122 cm³/mol. The van der Waals surface area contributed by atoms with Crippen LogP contribution in [-0.4, -0.2) is 58.6 Å². The van der Waals surface area contributed by atoms with Crippen molar-refractivity contribution in [3.63, 3.8) is 0 Å². The molecule has 0 spiro atoms. The van der Waals surface area contributed by atoms with Gasteiger partial charge in [-0.1, -0.05) is 43.3 Å². The number of rotatable bonds is 5. The maximum atomic E-state index is 13.7. The zero-order valence-electron chi connectivity index (χ0n) is 18.8. The van der Waals surface area contributed by atoms with Gasteiger partial charge in [0.05, 0.1) is 20.1 Å². The molecule has 3 heterocycles. The Morgan fingerprint density at radius 2 is 1.76 bits per heavy atom. The summed E-state index contributed by atoms with van der Waals surface area (Å²) in [6, 6.07) is 15.6. The van der Waals surface area contributed by atoms with Crippen LogP contribution in [0.4, 0.5) is 0 Å². The molecule has 1 unspecified atom stereocenters. The molecule has 0 aromatic heterocycles. The maximum absolute atomic E-state index is 13.7. The van der Waals surface area contributed by atoms with Crippen LogP contribution >= 0.6 is 0 Å². The van der Waals surface area contributed by atoms with Crippen molar-refractivity contribution in [3.8, 4) is 5.75 Å². The van der Waals surface area contributed by atoms with E-state index >= 15 is 0 Å². The Balaban J connectivity index is 1.59. The molecular weight excluding hydrogens is 418 g/mol. The summed E-state index contributed by atoms with van der Waals surface area (Å²) >= 11 is 0. The van der Waals surface area contributed by atoms with E-state index in [0.29, 0.717) is 18.7 Å². The van der Waals surface area contributed by atoms with E-state index in [9.17, 15) is 14.8 Å². The molecule has 3 aliphatic heterocycles. The number of hydrogen-bond acceptors (Lipinski definition) is 5. The SMILES string of the molecule is CCc1ccc(C23C4=C(C=CN(O)C4)C(=O)N2CCN3C(=O)Cc2ccc(OC)cc2)cc1. The van der Waals surface area contributed by atoms with E-state index in [2.05, 4.69) is 6.92 Å². The Bertz CT molecular complexity index is 1150. The van der Waals surface area contributed by atoms with Crippen LogP contribution in [0, 0.1) is 0 Å². The summed E-state index contributed by atoms with van der Waals surface area (Å²) in [6.45, 7) is 3.13. The van der Waals surface area contributed by atoms with Crippen LogP contribution in [0.5, 0.6) is 5.75 Å². The van der Waals surface area contributed by atoms with E-state index < -0.39 is 5.66 Å². The quantitative estimate of drug-likeness (QED) is 0.766. The minimum Gasteiger partial charge on any atom is -0.497 e. The lowest BCUT2D eigenvalue weighted by atomic mass is 9.87. The molecule has 2 aromatic rings. The van der Waals surface area contributed by atoms with Gasteiger partial charge in [0, 0.05) is 36.0 Å². The fourth-order valence-electron chi connectivity index (χ4n) is 5.23. The Morgan fingerprint density at radius 3 is 2.42 bits per heavy atom. The molecule has 33 heavy (non-hydrogen) atoms. The van der Waals surface area contributed by atoms with Gasteiger partial charge in [-0.2, -0.15) is 0 Å². The molecule has 0 aliphatic carbocycles. The number of aryl methyl sites for hydroxylation is 1. The Hall–Kier alpha value is -3.58. The Kier molecular flexibility index (Phi) is 5.21. The van der Waals surface area contributed by atoms with Crippen LogP contribution in [0.3, 0.4) is 0 Å². The van der Waals surface area contributed by atoms with Gasteiger partial charge in [0.2, 0.25) is 5.91 Å². The number of benzene rings is 2. The summed E-state index contributed by atoms with van der Waals surface area (Å²) < 4.78 is 5.22.